The van der Waals surface area contributed by atoms with Gasteiger partial charge in [-0.2, -0.15) is 4.39 Å². The second-order valence-electron chi connectivity index (χ2n) is 12.6. The second-order valence-corrected chi connectivity index (χ2v) is 23.5. The van der Waals surface area contributed by atoms with E-state index in [0.717, 1.165) is 10.8 Å². The van der Waals surface area contributed by atoms with E-state index in [9.17, 15) is 14.0 Å². The molecule has 1 N–H and O–H groups in total. The number of rotatable bonds is 12. The van der Waals surface area contributed by atoms with E-state index in [0.29, 0.717) is 46.3 Å². The lowest BCUT2D eigenvalue weighted by Crippen LogP contribution is -2.53. The fourth-order valence-electron chi connectivity index (χ4n) is 7.22. The van der Waals surface area contributed by atoms with E-state index in [1.54, 1.807) is 0 Å². The van der Waals surface area contributed by atoms with Crippen molar-refractivity contribution < 1.29 is 18.0 Å². The van der Waals surface area contributed by atoms with Crippen LogP contribution in [0, 0.1) is 5.82 Å². The Hall–Kier alpha value is -1.08. The summed E-state index contributed by atoms with van der Waals surface area (Å²) in [6.07, 6.45) is -0.120. The van der Waals surface area contributed by atoms with Crippen molar-refractivity contribution in [1.82, 2.24) is 9.55 Å². The van der Waals surface area contributed by atoms with E-state index < -0.39 is 46.0 Å². The van der Waals surface area contributed by atoms with Gasteiger partial charge in [-0.25, -0.2) is 4.79 Å². The fraction of sp³-hybridized carbons (Fsp3) is 0.852. The summed E-state index contributed by atoms with van der Waals surface area (Å²) in [5.74, 6) is -1.01. The van der Waals surface area contributed by atoms with Crippen molar-refractivity contribution in [3.05, 3.63) is 32.9 Å². The van der Waals surface area contributed by atoms with Crippen molar-refractivity contribution in [2.24, 2.45) is 0 Å². The molecule has 1 aromatic heterocycles. The number of aromatic nitrogens is 2. The van der Waals surface area contributed by atoms with Gasteiger partial charge in [0.05, 0.1) is 18.9 Å². The molecule has 0 unspecified atom stereocenters. The molecule has 3 atom stereocenters. The van der Waals surface area contributed by atoms with Crippen molar-refractivity contribution in [2.75, 3.05) is 6.61 Å². The maximum Gasteiger partial charge on any atom is 0.330 e. The molecule has 1 saturated heterocycles. The molecule has 1 fully saturated rings. The van der Waals surface area contributed by atoms with Gasteiger partial charge in [0, 0.05) is 6.42 Å². The molecule has 2 rings (SSSR count). The zero-order valence-corrected chi connectivity index (χ0v) is 27.1. The Morgan fingerprint density at radius 1 is 0.892 bits per heavy atom. The number of nitrogens with one attached hydrogen (secondary N) is 1. The molecule has 0 bridgehead atoms. The van der Waals surface area contributed by atoms with E-state index in [-0.39, 0.29) is 6.10 Å². The minimum Gasteiger partial charge on any atom is -0.413 e. The highest BCUT2D eigenvalue weighted by Crippen LogP contribution is 2.47. The summed E-state index contributed by atoms with van der Waals surface area (Å²) in [5, 5.41) is 0. The lowest BCUT2D eigenvalue weighted by atomic mass is 10.2. The quantitative estimate of drug-likeness (QED) is 0.288. The molecule has 0 aliphatic carbocycles. The van der Waals surface area contributed by atoms with E-state index in [4.69, 9.17) is 13.6 Å². The third-order valence-electron chi connectivity index (χ3n) is 8.68. The van der Waals surface area contributed by atoms with Gasteiger partial charge in [0.25, 0.3) is 5.56 Å². The standard InChI is InChI=1S/C27H51FN2O5Si2/c1-16(2)36(17(3)4,18(5)6)33-15-24-23(35-37(19(7)8,20(9)10)21(11)12)13-25(34-24)30-14-22(28)26(31)29-27(30)32/h14,16-21,23-25H,13,15H2,1-12H3,(H,29,31,32)/t23-,24+,25-/m0/s1. The van der Waals surface area contributed by atoms with Gasteiger partial charge < -0.3 is 13.6 Å². The Morgan fingerprint density at radius 3 is 1.78 bits per heavy atom. The predicted octanol–water partition coefficient (Wildman–Crippen LogP) is 6.72. The molecule has 0 spiro atoms. The third kappa shape index (κ3) is 6.23. The maximum absolute atomic E-state index is 14.2. The Kier molecular flexibility index (Phi) is 10.8. The first-order valence-corrected chi connectivity index (χ1v) is 18.3. The fourth-order valence-corrected chi connectivity index (χ4v) is 18.3. The average molecular weight is 559 g/mol. The topological polar surface area (TPSA) is 82.5 Å². The lowest BCUT2D eigenvalue weighted by Gasteiger charge is -2.45. The van der Waals surface area contributed by atoms with E-state index in [1.807, 2.05) is 0 Å². The molecule has 1 aliphatic heterocycles. The van der Waals surface area contributed by atoms with Gasteiger partial charge in [0.1, 0.15) is 12.3 Å². The number of H-pyrrole nitrogens is 1. The highest BCUT2D eigenvalue weighted by atomic mass is 28.4. The van der Waals surface area contributed by atoms with Crippen LogP contribution < -0.4 is 11.2 Å². The number of nitrogens with zero attached hydrogens (tertiary/aromatic N) is 1. The molecule has 0 amide bonds. The minimum absolute atomic E-state index is 0.302. The molecule has 10 heteroatoms. The molecule has 0 saturated carbocycles. The van der Waals surface area contributed by atoms with Gasteiger partial charge >= 0.3 is 5.69 Å². The average Bonchev–Trinajstić information content (AvgIpc) is 3.15. The highest BCUT2D eigenvalue weighted by Gasteiger charge is 2.51. The number of ether oxygens (including phenoxy) is 1. The highest BCUT2D eigenvalue weighted by molar-refractivity contribution is 6.78. The first kappa shape index (κ1) is 32.1. The van der Waals surface area contributed by atoms with Crippen LogP contribution >= 0.6 is 0 Å². The Bertz CT molecular complexity index is 962. The van der Waals surface area contributed by atoms with Crippen molar-refractivity contribution >= 4 is 16.6 Å². The van der Waals surface area contributed by atoms with Gasteiger partial charge in [-0.15, -0.1) is 0 Å². The number of hydrogen-bond acceptors (Lipinski definition) is 5. The van der Waals surface area contributed by atoms with Crippen LogP contribution in [0.4, 0.5) is 4.39 Å². The van der Waals surface area contributed by atoms with Crippen molar-refractivity contribution in [2.45, 2.75) is 141 Å². The molecule has 0 aromatic carbocycles. The monoisotopic (exact) mass is 558 g/mol. The van der Waals surface area contributed by atoms with Gasteiger partial charge in [-0.3, -0.25) is 14.3 Å². The Labute approximate surface area is 224 Å². The Morgan fingerprint density at radius 2 is 1.35 bits per heavy atom. The number of hydrogen-bond donors (Lipinski definition) is 1. The molecular formula is C27H51FN2O5Si2. The summed E-state index contributed by atoms with van der Waals surface area (Å²) in [6.45, 7) is 27.3. The van der Waals surface area contributed by atoms with Crippen LogP contribution in [-0.2, 0) is 13.6 Å². The van der Waals surface area contributed by atoms with Crippen LogP contribution in [0.2, 0.25) is 33.2 Å². The van der Waals surface area contributed by atoms with Gasteiger partial charge in [-0.1, -0.05) is 83.1 Å². The first-order chi connectivity index (χ1) is 17.0. The van der Waals surface area contributed by atoms with Gasteiger partial charge in [-0.05, 0) is 33.2 Å². The molecule has 7 nitrogen and oxygen atoms in total. The SMILES string of the molecule is CC(C)[Si](OC[C@H]1O[C@H](n2cc(F)c(=O)[nH]c2=O)C[C@@H]1O[Si](C(C)C)(C(C)C)C(C)C)(C(C)C)C(C)C. The zero-order chi connectivity index (χ0) is 28.5. The van der Waals surface area contributed by atoms with Crippen LogP contribution in [0.1, 0.15) is 95.7 Å². The molecule has 1 aromatic rings. The molecule has 214 valence electrons. The van der Waals surface area contributed by atoms with E-state index in [1.165, 1.54) is 0 Å². The zero-order valence-electron chi connectivity index (χ0n) is 25.1. The van der Waals surface area contributed by atoms with Crippen molar-refractivity contribution in [3.63, 3.8) is 0 Å². The van der Waals surface area contributed by atoms with Crippen LogP contribution in [0.5, 0.6) is 0 Å². The minimum atomic E-state index is -2.28. The summed E-state index contributed by atoms with van der Waals surface area (Å²) < 4.78 is 35.8. The first-order valence-electron chi connectivity index (χ1n) is 14.0. The third-order valence-corrected chi connectivity index (χ3v) is 20.9. The summed E-state index contributed by atoms with van der Waals surface area (Å²) in [7, 11) is -4.46. The second kappa shape index (κ2) is 12.4. The molecular weight excluding hydrogens is 507 g/mol. The summed E-state index contributed by atoms with van der Waals surface area (Å²) >= 11 is 0. The van der Waals surface area contributed by atoms with Crippen LogP contribution in [0.3, 0.4) is 0 Å². The van der Waals surface area contributed by atoms with Gasteiger partial charge in [0.2, 0.25) is 14.1 Å². The normalized spacial score (nSPS) is 21.5. The molecule has 37 heavy (non-hydrogen) atoms. The van der Waals surface area contributed by atoms with Crippen LogP contribution in [-0.4, -0.2) is 45.0 Å². The van der Waals surface area contributed by atoms with E-state index in [2.05, 4.69) is 88.1 Å². The smallest absolute Gasteiger partial charge is 0.330 e. The van der Waals surface area contributed by atoms with Crippen molar-refractivity contribution in [1.29, 1.82) is 0 Å². The van der Waals surface area contributed by atoms with E-state index >= 15 is 0 Å². The van der Waals surface area contributed by atoms with Crippen molar-refractivity contribution in [3.8, 4) is 0 Å². The van der Waals surface area contributed by atoms with Crippen LogP contribution in [0.15, 0.2) is 15.8 Å². The predicted molar refractivity (Wildman–Crippen MR) is 153 cm³/mol. The molecule has 0 radical (unpaired) electrons. The van der Waals surface area contributed by atoms with Gasteiger partial charge in [0.15, 0.2) is 8.32 Å². The van der Waals surface area contributed by atoms with Crippen LogP contribution in [0.25, 0.3) is 0 Å². The lowest BCUT2D eigenvalue weighted by molar-refractivity contribution is -0.0426. The molecule has 2 heterocycles. The maximum atomic E-state index is 14.2. The number of aromatic amines is 1. The number of halogens is 1. The summed E-state index contributed by atoms with van der Waals surface area (Å²) in [6, 6.07) is 0. The summed E-state index contributed by atoms with van der Waals surface area (Å²) in [5.41, 5.74) is 0.637. The largest absolute Gasteiger partial charge is 0.413 e. The summed E-state index contributed by atoms with van der Waals surface area (Å²) in [4.78, 5) is 26.3. The molecule has 1 aliphatic rings. The Balaban J connectivity index is 2.51.